The molecule has 1 aromatic carbocycles. The standard InChI is InChI=1S/C14H22N2O2S/c1-3-14(15)11-4-6-12(7-5-11)16(2)13-8-9-19(17,18)10-13/h4-7,13-14H,3,8-10,15H2,1-2H3. The SMILES string of the molecule is CCC(N)c1ccc(N(C)C2CCS(=O)(=O)C2)cc1. The summed E-state index contributed by atoms with van der Waals surface area (Å²) in [5.74, 6) is 0.570. The topological polar surface area (TPSA) is 63.4 Å². The molecule has 1 aliphatic rings. The Labute approximate surface area is 115 Å². The number of hydrogen-bond donors (Lipinski definition) is 1. The number of nitrogens with two attached hydrogens (primary N) is 1. The van der Waals surface area contributed by atoms with E-state index in [1.807, 2.05) is 31.3 Å². The fourth-order valence-corrected chi connectivity index (χ4v) is 4.26. The lowest BCUT2D eigenvalue weighted by molar-refractivity contribution is 0.601. The first-order valence-electron chi connectivity index (χ1n) is 6.71. The fourth-order valence-electron chi connectivity index (χ4n) is 2.48. The predicted molar refractivity (Wildman–Crippen MR) is 79.1 cm³/mol. The van der Waals surface area contributed by atoms with Crippen LogP contribution < -0.4 is 10.6 Å². The van der Waals surface area contributed by atoms with Crippen LogP contribution in [0.25, 0.3) is 0 Å². The van der Waals surface area contributed by atoms with E-state index < -0.39 is 9.84 Å². The van der Waals surface area contributed by atoms with E-state index in [0.29, 0.717) is 5.75 Å². The van der Waals surface area contributed by atoms with Crippen molar-refractivity contribution < 1.29 is 8.42 Å². The van der Waals surface area contributed by atoms with E-state index >= 15 is 0 Å². The molecule has 0 saturated carbocycles. The number of benzene rings is 1. The second kappa shape index (κ2) is 5.51. The molecule has 0 aliphatic carbocycles. The predicted octanol–water partition coefficient (Wildman–Crippen LogP) is 1.72. The summed E-state index contributed by atoms with van der Waals surface area (Å²) in [6.07, 6.45) is 1.63. The van der Waals surface area contributed by atoms with Crippen LogP contribution in [-0.2, 0) is 9.84 Å². The highest BCUT2D eigenvalue weighted by molar-refractivity contribution is 7.91. The van der Waals surface area contributed by atoms with Crippen molar-refractivity contribution >= 4 is 15.5 Å². The van der Waals surface area contributed by atoms with Crippen LogP contribution in [0.5, 0.6) is 0 Å². The van der Waals surface area contributed by atoms with Gasteiger partial charge >= 0.3 is 0 Å². The summed E-state index contributed by atoms with van der Waals surface area (Å²) in [5, 5.41) is 0. The van der Waals surface area contributed by atoms with E-state index in [0.717, 1.165) is 24.1 Å². The quantitative estimate of drug-likeness (QED) is 0.913. The average molecular weight is 282 g/mol. The summed E-state index contributed by atoms with van der Waals surface area (Å²) in [6, 6.07) is 8.28. The van der Waals surface area contributed by atoms with Crippen LogP contribution in [0.1, 0.15) is 31.4 Å². The molecule has 0 bridgehead atoms. The zero-order valence-corrected chi connectivity index (χ0v) is 12.4. The van der Waals surface area contributed by atoms with E-state index in [2.05, 4.69) is 11.8 Å². The summed E-state index contributed by atoms with van der Waals surface area (Å²) in [4.78, 5) is 2.06. The number of nitrogens with zero attached hydrogens (tertiary/aromatic N) is 1. The summed E-state index contributed by atoms with van der Waals surface area (Å²) in [6.45, 7) is 2.06. The minimum Gasteiger partial charge on any atom is -0.371 e. The number of hydrogen-bond acceptors (Lipinski definition) is 4. The van der Waals surface area contributed by atoms with Crippen molar-refractivity contribution in [1.29, 1.82) is 0 Å². The third-order valence-electron chi connectivity index (χ3n) is 3.92. The van der Waals surface area contributed by atoms with Gasteiger partial charge in [0.15, 0.2) is 9.84 Å². The van der Waals surface area contributed by atoms with Gasteiger partial charge in [0.1, 0.15) is 0 Å². The molecule has 19 heavy (non-hydrogen) atoms. The van der Waals surface area contributed by atoms with Gasteiger partial charge in [-0.2, -0.15) is 0 Å². The normalized spacial score (nSPS) is 23.2. The third kappa shape index (κ3) is 3.28. The van der Waals surface area contributed by atoms with Gasteiger partial charge in [0, 0.05) is 24.8 Å². The van der Waals surface area contributed by atoms with Crippen molar-refractivity contribution in [3.8, 4) is 0 Å². The van der Waals surface area contributed by atoms with E-state index in [4.69, 9.17) is 5.73 Å². The first kappa shape index (κ1) is 14.3. The Bertz CT molecular complexity index is 525. The van der Waals surface area contributed by atoms with Crippen molar-refractivity contribution in [2.24, 2.45) is 5.73 Å². The lowest BCUT2D eigenvalue weighted by Gasteiger charge is -2.26. The highest BCUT2D eigenvalue weighted by atomic mass is 32.2. The zero-order chi connectivity index (χ0) is 14.0. The molecule has 0 radical (unpaired) electrons. The first-order chi connectivity index (χ1) is 8.93. The van der Waals surface area contributed by atoms with Gasteiger partial charge < -0.3 is 10.6 Å². The molecule has 106 valence electrons. The second-order valence-electron chi connectivity index (χ2n) is 5.27. The highest BCUT2D eigenvalue weighted by Gasteiger charge is 2.30. The molecule has 2 unspecified atom stereocenters. The van der Waals surface area contributed by atoms with Gasteiger partial charge in [0.2, 0.25) is 0 Å². The number of anilines is 1. The molecule has 1 fully saturated rings. The Balaban J connectivity index is 2.10. The molecule has 0 aromatic heterocycles. The summed E-state index contributed by atoms with van der Waals surface area (Å²) in [5.41, 5.74) is 8.16. The molecule has 1 aromatic rings. The Morgan fingerprint density at radius 3 is 2.47 bits per heavy atom. The lowest BCUT2D eigenvalue weighted by Crippen LogP contribution is -2.32. The Morgan fingerprint density at radius 1 is 1.37 bits per heavy atom. The molecular formula is C14H22N2O2S. The summed E-state index contributed by atoms with van der Waals surface area (Å²) < 4.78 is 23.0. The van der Waals surface area contributed by atoms with Gasteiger partial charge in [-0.3, -0.25) is 0 Å². The average Bonchev–Trinajstić information content (AvgIpc) is 2.77. The van der Waals surface area contributed by atoms with Gasteiger partial charge in [-0.1, -0.05) is 19.1 Å². The van der Waals surface area contributed by atoms with Crippen molar-refractivity contribution in [3.05, 3.63) is 29.8 Å². The number of rotatable bonds is 4. The molecule has 2 rings (SSSR count). The van der Waals surface area contributed by atoms with Crippen molar-refractivity contribution in [3.63, 3.8) is 0 Å². The summed E-state index contributed by atoms with van der Waals surface area (Å²) in [7, 11) is -0.877. The maximum absolute atomic E-state index is 11.5. The Kier molecular flexibility index (Phi) is 4.16. The minimum absolute atomic E-state index is 0.0752. The Morgan fingerprint density at radius 2 is 2.00 bits per heavy atom. The molecule has 0 amide bonds. The zero-order valence-electron chi connectivity index (χ0n) is 11.5. The smallest absolute Gasteiger partial charge is 0.152 e. The Hall–Kier alpha value is -1.07. The molecule has 5 heteroatoms. The minimum atomic E-state index is -2.84. The molecule has 1 aliphatic heterocycles. The van der Waals surface area contributed by atoms with Crippen LogP contribution in [0.2, 0.25) is 0 Å². The molecule has 0 spiro atoms. The van der Waals surface area contributed by atoms with Crippen LogP contribution in [0.4, 0.5) is 5.69 Å². The van der Waals surface area contributed by atoms with Gasteiger partial charge in [-0.05, 0) is 30.5 Å². The third-order valence-corrected chi connectivity index (χ3v) is 5.67. The largest absolute Gasteiger partial charge is 0.371 e. The van der Waals surface area contributed by atoms with Gasteiger partial charge in [0.25, 0.3) is 0 Å². The molecule has 4 nitrogen and oxygen atoms in total. The van der Waals surface area contributed by atoms with Crippen LogP contribution >= 0.6 is 0 Å². The summed E-state index contributed by atoms with van der Waals surface area (Å²) >= 11 is 0. The van der Waals surface area contributed by atoms with E-state index in [-0.39, 0.29) is 17.8 Å². The van der Waals surface area contributed by atoms with Crippen LogP contribution in [0.3, 0.4) is 0 Å². The molecule has 2 N–H and O–H groups in total. The fraction of sp³-hybridized carbons (Fsp3) is 0.571. The monoisotopic (exact) mass is 282 g/mol. The lowest BCUT2D eigenvalue weighted by atomic mass is 10.0. The first-order valence-corrected chi connectivity index (χ1v) is 8.54. The van der Waals surface area contributed by atoms with Crippen LogP contribution in [-0.4, -0.2) is 33.0 Å². The molecule has 1 saturated heterocycles. The van der Waals surface area contributed by atoms with E-state index in [1.165, 1.54) is 0 Å². The van der Waals surface area contributed by atoms with Gasteiger partial charge in [-0.25, -0.2) is 8.42 Å². The van der Waals surface area contributed by atoms with Crippen molar-refractivity contribution in [2.45, 2.75) is 31.8 Å². The van der Waals surface area contributed by atoms with E-state index in [9.17, 15) is 8.42 Å². The van der Waals surface area contributed by atoms with Crippen molar-refractivity contribution in [1.82, 2.24) is 0 Å². The number of sulfone groups is 1. The maximum atomic E-state index is 11.5. The van der Waals surface area contributed by atoms with Gasteiger partial charge in [0.05, 0.1) is 11.5 Å². The van der Waals surface area contributed by atoms with Crippen molar-refractivity contribution in [2.75, 3.05) is 23.5 Å². The van der Waals surface area contributed by atoms with Gasteiger partial charge in [-0.15, -0.1) is 0 Å². The highest BCUT2D eigenvalue weighted by Crippen LogP contribution is 2.24. The van der Waals surface area contributed by atoms with Crippen LogP contribution in [0, 0.1) is 0 Å². The van der Waals surface area contributed by atoms with Crippen LogP contribution in [0.15, 0.2) is 24.3 Å². The van der Waals surface area contributed by atoms with E-state index in [1.54, 1.807) is 0 Å². The maximum Gasteiger partial charge on any atom is 0.152 e. The molecular weight excluding hydrogens is 260 g/mol. The second-order valence-corrected chi connectivity index (χ2v) is 7.50. The molecule has 2 atom stereocenters. The molecule has 1 heterocycles.